The molecule has 0 bridgehead atoms. The molecule has 5 rings (SSSR count). The van der Waals surface area contributed by atoms with Gasteiger partial charge < -0.3 is 5.32 Å². The number of nitrogens with one attached hydrogen (secondary N) is 2. The largest absolute Gasteiger partial charge is 0.325 e. The lowest BCUT2D eigenvalue weighted by atomic mass is 10.3. The standard InChI is InChI=1S/C21H22N6O3S2/c1-14(31-21-25-24-20-23-17-6-2-3-7-18(17)27(20)21)19(28)22-15-8-10-16(11-9-15)32(29,30)26-12-4-5-13-26/h2-3,6-11,14H,4-5,12-13H2,1H3,(H,22,28)(H,23,24). The van der Waals surface area contributed by atoms with Gasteiger partial charge in [0.05, 0.1) is 21.2 Å². The van der Waals surface area contributed by atoms with Gasteiger partial charge in [0.25, 0.3) is 0 Å². The van der Waals surface area contributed by atoms with E-state index in [1.807, 2.05) is 28.7 Å². The summed E-state index contributed by atoms with van der Waals surface area (Å²) in [4.78, 5) is 17.5. The Labute approximate surface area is 189 Å². The van der Waals surface area contributed by atoms with Crippen LogP contribution in [-0.2, 0) is 14.8 Å². The lowest BCUT2D eigenvalue weighted by Crippen LogP contribution is -2.27. The molecule has 2 aromatic heterocycles. The predicted molar refractivity (Wildman–Crippen MR) is 123 cm³/mol. The molecule has 9 nitrogen and oxygen atoms in total. The first-order valence-corrected chi connectivity index (χ1v) is 12.6. The molecule has 32 heavy (non-hydrogen) atoms. The summed E-state index contributed by atoms with van der Waals surface area (Å²) in [7, 11) is -3.47. The summed E-state index contributed by atoms with van der Waals surface area (Å²) in [5, 5.41) is 10.3. The summed E-state index contributed by atoms with van der Waals surface area (Å²) in [6.07, 6.45) is 1.78. The molecular formula is C21H22N6O3S2. The first kappa shape index (κ1) is 21.0. The molecule has 0 saturated carbocycles. The van der Waals surface area contributed by atoms with Crippen LogP contribution in [0.1, 0.15) is 19.8 Å². The van der Waals surface area contributed by atoms with Crippen molar-refractivity contribution in [1.82, 2.24) is 23.9 Å². The number of aromatic nitrogens is 4. The highest BCUT2D eigenvalue weighted by atomic mass is 32.2. The molecule has 1 aliphatic rings. The van der Waals surface area contributed by atoms with Gasteiger partial charge in [0.1, 0.15) is 0 Å². The molecule has 3 heterocycles. The number of fused-ring (bicyclic) bond motifs is 3. The number of anilines is 1. The summed E-state index contributed by atoms with van der Waals surface area (Å²) in [5.74, 6) is 0.418. The summed E-state index contributed by atoms with van der Waals surface area (Å²) < 4.78 is 28.7. The van der Waals surface area contributed by atoms with Gasteiger partial charge in [0, 0.05) is 18.8 Å². The van der Waals surface area contributed by atoms with Gasteiger partial charge in [-0.1, -0.05) is 23.9 Å². The Kier molecular flexibility index (Phi) is 5.39. The predicted octanol–water partition coefficient (Wildman–Crippen LogP) is 3.11. The number of hydrogen-bond donors (Lipinski definition) is 2. The van der Waals surface area contributed by atoms with E-state index in [4.69, 9.17) is 0 Å². The number of para-hydroxylation sites is 2. The molecule has 1 fully saturated rings. The van der Waals surface area contributed by atoms with Crippen LogP contribution in [0.2, 0.25) is 0 Å². The summed E-state index contributed by atoms with van der Waals surface area (Å²) in [6, 6.07) is 14.1. The number of hydrogen-bond acceptors (Lipinski definition) is 6. The van der Waals surface area contributed by atoms with E-state index in [0.29, 0.717) is 29.7 Å². The monoisotopic (exact) mass is 470 g/mol. The van der Waals surface area contributed by atoms with Crippen LogP contribution in [0.4, 0.5) is 5.69 Å². The van der Waals surface area contributed by atoms with Gasteiger partial charge in [-0.2, -0.15) is 4.31 Å². The lowest BCUT2D eigenvalue weighted by Gasteiger charge is -2.16. The number of H-pyrrole nitrogens is 1. The second-order valence-corrected chi connectivity index (χ2v) is 10.9. The van der Waals surface area contributed by atoms with E-state index in [9.17, 15) is 13.2 Å². The van der Waals surface area contributed by atoms with Crippen LogP contribution in [0.5, 0.6) is 0 Å². The smallest absolute Gasteiger partial charge is 0.243 e. The number of imidazole rings is 1. The van der Waals surface area contributed by atoms with Gasteiger partial charge in [0.2, 0.25) is 21.7 Å². The van der Waals surface area contributed by atoms with E-state index in [1.165, 1.54) is 28.2 Å². The van der Waals surface area contributed by atoms with Crippen LogP contribution in [-0.4, -0.2) is 56.6 Å². The van der Waals surface area contributed by atoms with Crippen molar-refractivity contribution in [1.29, 1.82) is 0 Å². The van der Waals surface area contributed by atoms with Gasteiger partial charge in [0.15, 0.2) is 5.16 Å². The summed E-state index contributed by atoms with van der Waals surface area (Å²) in [5.41, 5.74) is 2.31. The lowest BCUT2D eigenvalue weighted by molar-refractivity contribution is -0.115. The van der Waals surface area contributed by atoms with Crippen LogP contribution < -0.4 is 5.32 Å². The molecule has 0 radical (unpaired) electrons. The Balaban J connectivity index is 1.28. The molecule has 1 amide bonds. The Morgan fingerprint density at radius 3 is 2.59 bits per heavy atom. The van der Waals surface area contributed by atoms with Crippen LogP contribution in [0, 0.1) is 0 Å². The van der Waals surface area contributed by atoms with Gasteiger partial charge in [-0.05, 0) is 56.2 Å². The Morgan fingerprint density at radius 1 is 1.12 bits per heavy atom. The molecule has 0 aliphatic carbocycles. The van der Waals surface area contributed by atoms with Crippen molar-refractivity contribution in [3.63, 3.8) is 0 Å². The number of benzene rings is 2. The Morgan fingerprint density at radius 2 is 1.84 bits per heavy atom. The minimum Gasteiger partial charge on any atom is -0.325 e. The van der Waals surface area contributed by atoms with Crippen LogP contribution in [0.3, 0.4) is 0 Å². The van der Waals surface area contributed by atoms with Gasteiger partial charge in [-0.3, -0.25) is 9.20 Å². The second kappa shape index (κ2) is 8.23. The topological polar surface area (TPSA) is 112 Å². The van der Waals surface area contributed by atoms with Crippen molar-refractivity contribution in [3.8, 4) is 0 Å². The zero-order valence-electron chi connectivity index (χ0n) is 17.4. The number of aromatic amines is 1. The van der Waals surface area contributed by atoms with Crippen LogP contribution in [0.15, 0.2) is 58.6 Å². The van der Waals surface area contributed by atoms with Gasteiger partial charge in [-0.25, -0.2) is 18.5 Å². The number of amides is 1. The van der Waals surface area contributed by atoms with Crippen molar-refractivity contribution in [2.45, 2.75) is 35.1 Å². The second-order valence-electron chi connectivity index (χ2n) is 7.65. The van der Waals surface area contributed by atoms with Crippen LogP contribution >= 0.6 is 11.8 Å². The highest BCUT2D eigenvalue weighted by Gasteiger charge is 2.27. The summed E-state index contributed by atoms with van der Waals surface area (Å²) in [6.45, 7) is 2.91. The van der Waals surface area contributed by atoms with Gasteiger partial charge >= 0.3 is 0 Å². The van der Waals surface area contributed by atoms with E-state index in [0.717, 1.165) is 23.9 Å². The molecule has 1 saturated heterocycles. The Hall–Kier alpha value is -2.89. The molecule has 11 heteroatoms. The number of nitrogens with zero attached hydrogens (tertiary/aromatic N) is 4. The van der Waals surface area contributed by atoms with E-state index in [-0.39, 0.29) is 10.8 Å². The Bertz CT molecular complexity index is 1390. The number of carbonyl (C=O) groups is 1. The fourth-order valence-corrected chi connectivity index (χ4v) is 6.15. The number of sulfonamides is 1. The van der Waals surface area contributed by atoms with Crippen molar-refractivity contribution in [2.75, 3.05) is 18.4 Å². The minimum absolute atomic E-state index is 0.203. The van der Waals surface area contributed by atoms with Crippen molar-refractivity contribution in [2.24, 2.45) is 0 Å². The molecule has 0 spiro atoms. The fraction of sp³-hybridized carbons (Fsp3) is 0.286. The first-order chi connectivity index (χ1) is 15.4. The van der Waals surface area contributed by atoms with E-state index in [2.05, 4.69) is 20.5 Å². The van der Waals surface area contributed by atoms with E-state index >= 15 is 0 Å². The number of rotatable bonds is 6. The van der Waals surface area contributed by atoms with Crippen LogP contribution in [0.25, 0.3) is 16.8 Å². The highest BCUT2D eigenvalue weighted by molar-refractivity contribution is 8.00. The molecule has 166 valence electrons. The number of thioether (sulfide) groups is 1. The molecule has 1 atom stereocenters. The maximum atomic E-state index is 12.7. The van der Waals surface area contributed by atoms with E-state index in [1.54, 1.807) is 19.1 Å². The molecule has 4 aromatic rings. The molecular weight excluding hydrogens is 448 g/mol. The molecule has 1 aliphatic heterocycles. The van der Waals surface area contributed by atoms with Crippen molar-refractivity contribution >= 4 is 50.2 Å². The van der Waals surface area contributed by atoms with E-state index < -0.39 is 15.3 Å². The maximum absolute atomic E-state index is 12.7. The average Bonchev–Trinajstić information content (AvgIpc) is 3.52. The highest BCUT2D eigenvalue weighted by Crippen LogP contribution is 2.27. The number of carbonyl (C=O) groups excluding carboxylic acids is 1. The molecule has 2 aromatic carbocycles. The fourth-order valence-electron chi connectivity index (χ4n) is 3.76. The quantitative estimate of drug-likeness (QED) is 0.419. The molecule has 1 unspecified atom stereocenters. The molecule has 2 N–H and O–H groups in total. The van der Waals surface area contributed by atoms with Crippen molar-refractivity contribution in [3.05, 3.63) is 48.5 Å². The summed E-state index contributed by atoms with van der Waals surface area (Å²) >= 11 is 1.32. The average molecular weight is 471 g/mol. The zero-order chi connectivity index (χ0) is 22.3. The van der Waals surface area contributed by atoms with Gasteiger partial charge in [-0.15, -0.1) is 5.10 Å². The first-order valence-electron chi connectivity index (χ1n) is 10.3. The normalized spacial score (nSPS) is 16.0. The third-order valence-electron chi connectivity index (χ3n) is 5.48. The third kappa shape index (κ3) is 3.76. The minimum atomic E-state index is -3.47. The maximum Gasteiger partial charge on any atom is 0.243 e. The third-order valence-corrected chi connectivity index (χ3v) is 8.44. The zero-order valence-corrected chi connectivity index (χ0v) is 19.0. The van der Waals surface area contributed by atoms with Crippen molar-refractivity contribution < 1.29 is 13.2 Å². The SMILES string of the molecule is CC(Sc1n[nH]c2nc3ccccc3n12)C(=O)Nc1ccc(S(=O)(=O)N2CCCC2)cc1.